The van der Waals surface area contributed by atoms with Crippen LogP contribution in [0.1, 0.15) is 64.0 Å². The number of nitrogens with zero attached hydrogens (tertiary/aromatic N) is 2. The van der Waals surface area contributed by atoms with Crippen LogP contribution in [-0.2, 0) is 0 Å². The summed E-state index contributed by atoms with van der Waals surface area (Å²) in [5, 5.41) is 44.4. The van der Waals surface area contributed by atoms with E-state index < -0.39 is 24.0 Å². The highest BCUT2D eigenvalue weighted by Gasteiger charge is 2.51. The fourth-order valence-corrected chi connectivity index (χ4v) is 5.63. The molecule has 1 saturated carbocycles. The molecular formula is C27H40N2O4. The number of aliphatic hydroxyl groups excluding tert-OH is 2. The fourth-order valence-electron chi connectivity index (χ4n) is 5.63. The molecule has 182 valence electrons. The second-order valence-electron chi connectivity index (χ2n) is 8.94. The van der Waals surface area contributed by atoms with Gasteiger partial charge in [0.1, 0.15) is 11.5 Å². The van der Waals surface area contributed by atoms with E-state index in [9.17, 15) is 20.4 Å². The van der Waals surface area contributed by atoms with Gasteiger partial charge in [0.15, 0.2) is 0 Å². The van der Waals surface area contributed by atoms with Crippen LogP contribution in [0.5, 0.6) is 11.5 Å². The zero-order valence-electron chi connectivity index (χ0n) is 20.6. The zero-order chi connectivity index (χ0) is 24.3. The van der Waals surface area contributed by atoms with Crippen LogP contribution in [0.15, 0.2) is 36.4 Å². The van der Waals surface area contributed by atoms with Gasteiger partial charge in [0, 0.05) is 72.6 Å². The van der Waals surface area contributed by atoms with Crippen molar-refractivity contribution in [2.45, 2.75) is 65.1 Å². The van der Waals surface area contributed by atoms with Gasteiger partial charge in [-0.05, 0) is 45.7 Å². The molecule has 0 aromatic heterocycles. The van der Waals surface area contributed by atoms with Crippen LogP contribution in [0.3, 0.4) is 0 Å². The van der Waals surface area contributed by atoms with E-state index in [1.54, 1.807) is 12.1 Å². The van der Waals surface area contributed by atoms with Gasteiger partial charge in [0.25, 0.3) is 0 Å². The van der Waals surface area contributed by atoms with Gasteiger partial charge >= 0.3 is 0 Å². The van der Waals surface area contributed by atoms with Crippen LogP contribution in [0.25, 0.3) is 0 Å². The van der Waals surface area contributed by atoms with Gasteiger partial charge in [-0.1, -0.05) is 25.5 Å². The molecule has 6 nitrogen and oxygen atoms in total. The number of aromatic hydroxyl groups is 2. The number of hydrogen-bond donors (Lipinski definition) is 4. The first-order chi connectivity index (χ1) is 15.8. The summed E-state index contributed by atoms with van der Waals surface area (Å²) in [6.07, 6.45) is -1.11. The average Bonchev–Trinajstić information content (AvgIpc) is 3.05. The maximum absolute atomic E-state index is 11.4. The summed E-state index contributed by atoms with van der Waals surface area (Å²) < 4.78 is 0. The van der Waals surface area contributed by atoms with Crippen LogP contribution in [0.2, 0.25) is 0 Å². The van der Waals surface area contributed by atoms with E-state index in [-0.39, 0.29) is 17.4 Å². The molecule has 3 rings (SSSR count). The van der Waals surface area contributed by atoms with Crippen molar-refractivity contribution in [3.8, 4) is 11.5 Å². The molecule has 0 aliphatic heterocycles. The standard InChI is InChI=1S/C27H40N2O4/c1-6-19-24(20-13-11-17(15-22(20)30)28(7-2)8-3)27(33)25(26(19)32)21-14-12-18(16-23(21)31)29(9-4)10-5/h11-16,19,24-27,30-33H,6-10H2,1-5H3/t19?,24?,25?,26?,27-/m1/s1. The summed E-state index contributed by atoms with van der Waals surface area (Å²) in [5.74, 6) is -1.08. The molecule has 4 N–H and O–H groups in total. The smallest absolute Gasteiger partial charge is 0.121 e. The number of anilines is 2. The lowest BCUT2D eigenvalue weighted by molar-refractivity contribution is 0.0910. The Morgan fingerprint density at radius 2 is 1.06 bits per heavy atom. The van der Waals surface area contributed by atoms with E-state index in [4.69, 9.17) is 0 Å². The lowest BCUT2D eigenvalue weighted by Crippen LogP contribution is -2.24. The van der Waals surface area contributed by atoms with Crippen LogP contribution < -0.4 is 9.80 Å². The molecule has 0 heterocycles. The topological polar surface area (TPSA) is 87.4 Å². The number of hydrogen-bond acceptors (Lipinski definition) is 6. The first-order valence-electron chi connectivity index (χ1n) is 12.3. The van der Waals surface area contributed by atoms with E-state index in [0.717, 1.165) is 37.6 Å². The fraction of sp³-hybridized carbons (Fsp3) is 0.556. The van der Waals surface area contributed by atoms with E-state index >= 15 is 0 Å². The van der Waals surface area contributed by atoms with Crippen molar-refractivity contribution in [2.24, 2.45) is 5.92 Å². The third kappa shape index (κ3) is 4.64. The highest BCUT2D eigenvalue weighted by atomic mass is 16.3. The number of rotatable bonds is 9. The lowest BCUT2D eigenvalue weighted by Gasteiger charge is -2.26. The number of phenols is 2. The minimum Gasteiger partial charge on any atom is -0.508 e. The summed E-state index contributed by atoms with van der Waals surface area (Å²) in [7, 11) is 0. The molecule has 0 saturated heterocycles. The Balaban J connectivity index is 1.98. The van der Waals surface area contributed by atoms with Crippen molar-refractivity contribution >= 4 is 11.4 Å². The Labute approximate surface area is 198 Å². The second-order valence-corrected chi connectivity index (χ2v) is 8.94. The molecule has 4 unspecified atom stereocenters. The monoisotopic (exact) mass is 456 g/mol. The molecule has 1 fully saturated rings. The summed E-state index contributed by atoms with van der Waals surface area (Å²) in [4.78, 5) is 4.29. The molecule has 2 aromatic rings. The Kier molecular flexibility index (Phi) is 8.14. The van der Waals surface area contributed by atoms with Crippen LogP contribution >= 0.6 is 0 Å². The Morgan fingerprint density at radius 3 is 1.42 bits per heavy atom. The number of phenolic OH excluding ortho intramolecular Hbond substituents is 2. The summed E-state index contributed by atoms with van der Waals surface area (Å²) in [5.41, 5.74) is 3.04. The summed E-state index contributed by atoms with van der Waals surface area (Å²) in [6.45, 7) is 13.6. The van der Waals surface area contributed by atoms with Gasteiger partial charge in [-0.25, -0.2) is 0 Å². The van der Waals surface area contributed by atoms with Crippen molar-refractivity contribution in [3.63, 3.8) is 0 Å². The van der Waals surface area contributed by atoms with Crippen LogP contribution in [-0.4, -0.2) is 58.8 Å². The van der Waals surface area contributed by atoms with Crippen LogP contribution in [0.4, 0.5) is 11.4 Å². The zero-order valence-corrected chi connectivity index (χ0v) is 20.6. The van der Waals surface area contributed by atoms with Gasteiger partial charge in [0.05, 0.1) is 12.2 Å². The normalized spacial score (nSPS) is 24.8. The first kappa shape index (κ1) is 25.2. The minimum atomic E-state index is -0.930. The van der Waals surface area contributed by atoms with Crippen molar-refractivity contribution in [1.82, 2.24) is 0 Å². The average molecular weight is 457 g/mol. The maximum atomic E-state index is 11.4. The quantitative estimate of drug-likeness (QED) is 0.447. The molecule has 6 heteroatoms. The largest absolute Gasteiger partial charge is 0.508 e. The van der Waals surface area contributed by atoms with Crippen molar-refractivity contribution in [2.75, 3.05) is 36.0 Å². The molecule has 0 spiro atoms. The number of benzene rings is 2. The van der Waals surface area contributed by atoms with Gasteiger partial charge in [-0.15, -0.1) is 0 Å². The Hall–Kier alpha value is -2.44. The minimum absolute atomic E-state index is 0.0825. The SMILES string of the molecule is CCC1C(O)C(c2ccc(N(CC)CC)cc2O)[C@H](O)C1c1ccc(N(CC)CC)cc1O. The molecule has 1 aliphatic carbocycles. The van der Waals surface area contributed by atoms with Gasteiger partial charge in [-0.3, -0.25) is 0 Å². The summed E-state index contributed by atoms with van der Waals surface area (Å²) >= 11 is 0. The molecule has 0 amide bonds. The molecule has 33 heavy (non-hydrogen) atoms. The molecule has 0 bridgehead atoms. The molecule has 0 radical (unpaired) electrons. The van der Waals surface area contributed by atoms with E-state index in [2.05, 4.69) is 37.5 Å². The second kappa shape index (κ2) is 10.7. The third-order valence-electron chi connectivity index (χ3n) is 7.48. The number of aliphatic hydroxyl groups is 2. The maximum Gasteiger partial charge on any atom is 0.121 e. The van der Waals surface area contributed by atoms with E-state index in [1.807, 2.05) is 31.2 Å². The van der Waals surface area contributed by atoms with E-state index in [1.165, 1.54) is 0 Å². The molecular weight excluding hydrogens is 416 g/mol. The van der Waals surface area contributed by atoms with Crippen molar-refractivity contribution < 1.29 is 20.4 Å². The Bertz CT molecular complexity index is 926. The van der Waals surface area contributed by atoms with Crippen LogP contribution in [0, 0.1) is 5.92 Å². The lowest BCUT2D eigenvalue weighted by atomic mass is 9.84. The van der Waals surface area contributed by atoms with Gasteiger partial charge < -0.3 is 30.2 Å². The Morgan fingerprint density at radius 1 is 0.636 bits per heavy atom. The van der Waals surface area contributed by atoms with Crippen molar-refractivity contribution in [3.05, 3.63) is 47.5 Å². The predicted molar refractivity (Wildman–Crippen MR) is 135 cm³/mol. The van der Waals surface area contributed by atoms with Crippen molar-refractivity contribution in [1.29, 1.82) is 0 Å². The third-order valence-corrected chi connectivity index (χ3v) is 7.48. The molecule has 2 aromatic carbocycles. The van der Waals surface area contributed by atoms with E-state index in [0.29, 0.717) is 17.5 Å². The molecule has 5 atom stereocenters. The highest BCUT2D eigenvalue weighted by Crippen LogP contribution is 2.53. The summed E-state index contributed by atoms with van der Waals surface area (Å²) in [6, 6.07) is 11.1. The van der Waals surface area contributed by atoms with Gasteiger partial charge in [0.2, 0.25) is 0 Å². The highest BCUT2D eigenvalue weighted by molar-refractivity contribution is 5.57. The first-order valence-corrected chi connectivity index (χ1v) is 12.3. The predicted octanol–water partition coefficient (Wildman–Crippen LogP) is 4.42. The van der Waals surface area contributed by atoms with Gasteiger partial charge in [-0.2, -0.15) is 0 Å². The molecule has 1 aliphatic rings.